The molecule has 1 aliphatic rings. The third kappa shape index (κ3) is 1.92. The summed E-state index contributed by atoms with van der Waals surface area (Å²) >= 11 is 0. The van der Waals surface area contributed by atoms with Crippen molar-refractivity contribution in [2.75, 3.05) is 19.6 Å². The van der Waals surface area contributed by atoms with Crippen molar-refractivity contribution >= 4 is 10.0 Å². The number of furan rings is 1. The minimum atomic E-state index is -3.44. The van der Waals surface area contributed by atoms with E-state index in [4.69, 9.17) is 4.42 Å². The third-order valence-corrected chi connectivity index (χ3v) is 4.40. The predicted molar refractivity (Wildman–Crippen MR) is 54.9 cm³/mol. The summed E-state index contributed by atoms with van der Waals surface area (Å²) in [7, 11) is -3.44. The van der Waals surface area contributed by atoms with E-state index < -0.39 is 10.0 Å². The molecule has 1 saturated heterocycles. The molecule has 1 aliphatic heterocycles. The van der Waals surface area contributed by atoms with Gasteiger partial charge < -0.3 is 9.73 Å². The van der Waals surface area contributed by atoms with Gasteiger partial charge in [-0.15, -0.1) is 0 Å². The van der Waals surface area contributed by atoms with E-state index in [9.17, 15) is 8.42 Å². The highest BCUT2D eigenvalue weighted by Crippen LogP contribution is 2.19. The zero-order valence-electron chi connectivity index (χ0n) is 8.51. The molecule has 0 bridgehead atoms. The van der Waals surface area contributed by atoms with Crippen molar-refractivity contribution in [2.45, 2.75) is 18.1 Å². The number of nitrogens with one attached hydrogen (secondary N) is 1. The maximum atomic E-state index is 12.1. The molecule has 0 aliphatic carbocycles. The van der Waals surface area contributed by atoms with Gasteiger partial charge in [0.1, 0.15) is 0 Å². The van der Waals surface area contributed by atoms with Crippen molar-refractivity contribution in [1.29, 1.82) is 0 Å². The van der Waals surface area contributed by atoms with Gasteiger partial charge in [-0.05, 0) is 19.1 Å². The molecular formula is C9H14N2O3S. The molecule has 0 unspecified atom stereocenters. The molecule has 0 aromatic carbocycles. The molecule has 5 nitrogen and oxygen atoms in total. The van der Waals surface area contributed by atoms with E-state index in [1.807, 2.05) is 6.92 Å². The minimum absolute atomic E-state index is 0.0243. The van der Waals surface area contributed by atoms with Crippen LogP contribution in [-0.2, 0) is 10.0 Å². The Bertz CT molecular complexity index is 413. The Balaban J connectivity index is 2.29. The summed E-state index contributed by atoms with van der Waals surface area (Å²) in [6, 6.07) is 3.03. The molecule has 1 N–H and O–H groups in total. The third-order valence-electron chi connectivity index (χ3n) is 2.50. The Hall–Kier alpha value is -0.850. The number of sulfonamides is 1. The summed E-state index contributed by atoms with van der Waals surface area (Å²) < 4.78 is 30.6. The van der Waals surface area contributed by atoms with Gasteiger partial charge in [0.2, 0.25) is 5.09 Å². The van der Waals surface area contributed by atoms with E-state index in [0.29, 0.717) is 19.6 Å². The monoisotopic (exact) mass is 230 g/mol. The Kier molecular flexibility index (Phi) is 2.81. The van der Waals surface area contributed by atoms with Gasteiger partial charge in [-0.3, -0.25) is 0 Å². The summed E-state index contributed by atoms with van der Waals surface area (Å²) in [5.74, 6) is 0. The summed E-state index contributed by atoms with van der Waals surface area (Å²) in [5.41, 5.74) is 0. The van der Waals surface area contributed by atoms with Gasteiger partial charge >= 0.3 is 0 Å². The lowest BCUT2D eigenvalue weighted by atomic mass is 10.3. The Morgan fingerprint density at radius 1 is 1.60 bits per heavy atom. The predicted octanol–water partition coefficient (Wildman–Crippen LogP) is 0.262. The zero-order valence-corrected chi connectivity index (χ0v) is 9.33. The topological polar surface area (TPSA) is 62.6 Å². The van der Waals surface area contributed by atoms with Gasteiger partial charge in [0.05, 0.1) is 6.26 Å². The van der Waals surface area contributed by atoms with Gasteiger partial charge in [-0.2, -0.15) is 4.31 Å². The second-order valence-electron chi connectivity index (χ2n) is 3.60. The quantitative estimate of drug-likeness (QED) is 0.791. The molecule has 0 saturated carbocycles. The van der Waals surface area contributed by atoms with Crippen LogP contribution in [0.1, 0.15) is 6.92 Å². The molecule has 1 atom stereocenters. The molecule has 84 valence electrons. The van der Waals surface area contributed by atoms with E-state index >= 15 is 0 Å². The van der Waals surface area contributed by atoms with Crippen molar-refractivity contribution in [3.8, 4) is 0 Å². The Morgan fingerprint density at radius 3 is 3.00 bits per heavy atom. The van der Waals surface area contributed by atoms with Crippen molar-refractivity contribution in [2.24, 2.45) is 0 Å². The maximum Gasteiger partial charge on any atom is 0.276 e. The fourth-order valence-electron chi connectivity index (χ4n) is 1.71. The summed E-state index contributed by atoms with van der Waals surface area (Å²) in [4.78, 5) is 0. The average molecular weight is 230 g/mol. The van der Waals surface area contributed by atoms with Crippen LogP contribution in [0.15, 0.2) is 27.9 Å². The largest absolute Gasteiger partial charge is 0.452 e. The second-order valence-corrected chi connectivity index (χ2v) is 5.42. The standard InChI is InChI=1S/C9H14N2O3S/c1-8-7-10-4-5-11(8)15(12,13)9-3-2-6-14-9/h2-3,6,8,10H,4-5,7H2,1H3/t8-/m1/s1. The van der Waals surface area contributed by atoms with Gasteiger partial charge in [0, 0.05) is 25.7 Å². The Morgan fingerprint density at radius 2 is 2.40 bits per heavy atom. The lowest BCUT2D eigenvalue weighted by Gasteiger charge is -2.31. The van der Waals surface area contributed by atoms with Crippen LogP contribution in [0.25, 0.3) is 0 Å². The molecule has 1 aromatic heterocycles. The first kappa shape index (κ1) is 10.7. The van der Waals surface area contributed by atoms with Gasteiger partial charge in [-0.1, -0.05) is 0 Å². The van der Waals surface area contributed by atoms with Crippen LogP contribution in [0.5, 0.6) is 0 Å². The summed E-state index contributed by atoms with van der Waals surface area (Å²) in [5, 5.41) is 3.17. The maximum absolute atomic E-state index is 12.1. The van der Waals surface area contributed by atoms with Crippen LogP contribution < -0.4 is 5.32 Å². The highest BCUT2D eigenvalue weighted by molar-refractivity contribution is 7.89. The first-order valence-electron chi connectivity index (χ1n) is 4.88. The molecule has 1 aromatic rings. The van der Waals surface area contributed by atoms with E-state index in [1.165, 1.54) is 16.6 Å². The van der Waals surface area contributed by atoms with Gasteiger partial charge in [-0.25, -0.2) is 8.42 Å². The Labute approximate surface area is 89.1 Å². The zero-order chi connectivity index (χ0) is 10.9. The number of nitrogens with zero attached hydrogens (tertiary/aromatic N) is 1. The van der Waals surface area contributed by atoms with E-state index in [2.05, 4.69) is 5.32 Å². The van der Waals surface area contributed by atoms with Crippen LogP contribution in [0, 0.1) is 0 Å². The molecule has 0 amide bonds. The molecule has 0 spiro atoms. The second kappa shape index (κ2) is 3.96. The van der Waals surface area contributed by atoms with Crippen LogP contribution in [-0.4, -0.2) is 38.4 Å². The van der Waals surface area contributed by atoms with Crippen LogP contribution in [0.3, 0.4) is 0 Å². The van der Waals surface area contributed by atoms with Crippen LogP contribution >= 0.6 is 0 Å². The lowest BCUT2D eigenvalue weighted by Crippen LogP contribution is -2.51. The highest BCUT2D eigenvalue weighted by atomic mass is 32.2. The number of hydrogen-bond acceptors (Lipinski definition) is 4. The normalized spacial score (nSPS) is 24.2. The summed E-state index contributed by atoms with van der Waals surface area (Å²) in [6.07, 6.45) is 1.37. The smallest absolute Gasteiger partial charge is 0.276 e. The first-order valence-corrected chi connectivity index (χ1v) is 6.32. The number of hydrogen-bond donors (Lipinski definition) is 1. The molecule has 6 heteroatoms. The van der Waals surface area contributed by atoms with Crippen molar-refractivity contribution in [3.05, 3.63) is 18.4 Å². The highest BCUT2D eigenvalue weighted by Gasteiger charge is 2.32. The number of rotatable bonds is 2. The minimum Gasteiger partial charge on any atom is -0.452 e. The van der Waals surface area contributed by atoms with Crippen LogP contribution in [0.4, 0.5) is 0 Å². The lowest BCUT2D eigenvalue weighted by molar-refractivity contribution is 0.276. The van der Waals surface area contributed by atoms with Gasteiger partial charge in [0.15, 0.2) is 0 Å². The number of piperazine rings is 1. The SMILES string of the molecule is C[C@@H]1CNCCN1S(=O)(=O)c1ccco1. The fourth-order valence-corrected chi connectivity index (χ4v) is 3.24. The molecule has 2 heterocycles. The van der Waals surface area contributed by atoms with E-state index in [-0.39, 0.29) is 11.1 Å². The van der Waals surface area contributed by atoms with Crippen LogP contribution in [0.2, 0.25) is 0 Å². The van der Waals surface area contributed by atoms with Crippen molar-refractivity contribution in [3.63, 3.8) is 0 Å². The van der Waals surface area contributed by atoms with Gasteiger partial charge in [0.25, 0.3) is 10.0 Å². The summed E-state index contributed by atoms with van der Waals surface area (Å²) in [6.45, 7) is 3.74. The van der Waals surface area contributed by atoms with E-state index in [1.54, 1.807) is 6.07 Å². The molecular weight excluding hydrogens is 216 g/mol. The fraction of sp³-hybridized carbons (Fsp3) is 0.556. The molecule has 1 fully saturated rings. The molecule has 0 radical (unpaired) electrons. The first-order chi connectivity index (χ1) is 7.12. The molecule has 15 heavy (non-hydrogen) atoms. The van der Waals surface area contributed by atoms with Crippen molar-refractivity contribution in [1.82, 2.24) is 9.62 Å². The average Bonchev–Trinajstić information content (AvgIpc) is 2.71. The van der Waals surface area contributed by atoms with Crippen molar-refractivity contribution < 1.29 is 12.8 Å². The molecule has 2 rings (SSSR count). The van der Waals surface area contributed by atoms with E-state index in [0.717, 1.165) is 0 Å².